The van der Waals surface area contributed by atoms with Crippen LogP contribution < -0.4 is 5.32 Å². The summed E-state index contributed by atoms with van der Waals surface area (Å²) in [5.74, 6) is 0.534. The van der Waals surface area contributed by atoms with Crippen molar-refractivity contribution >= 4 is 35.6 Å². The number of nitrogens with one attached hydrogen (secondary N) is 1. The van der Waals surface area contributed by atoms with Gasteiger partial charge < -0.3 is 10.1 Å². The molecule has 16 heavy (non-hydrogen) atoms. The van der Waals surface area contributed by atoms with E-state index < -0.39 is 0 Å². The lowest BCUT2D eigenvalue weighted by atomic mass is 9.91. The summed E-state index contributed by atoms with van der Waals surface area (Å²) in [5, 5.41) is 4.40. The van der Waals surface area contributed by atoms with Gasteiger partial charge in [0.15, 0.2) is 0 Å². The Morgan fingerprint density at radius 3 is 2.44 bits per heavy atom. The molecule has 1 N–H and O–H groups in total. The highest BCUT2D eigenvalue weighted by Crippen LogP contribution is 2.32. The normalized spacial score (nSPS) is 17.4. The van der Waals surface area contributed by atoms with Crippen LogP contribution in [-0.4, -0.2) is 20.2 Å². The van der Waals surface area contributed by atoms with Crippen molar-refractivity contribution in [2.45, 2.75) is 6.10 Å². The van der Waals surface area contributed by atoms with Crippen molar-refractivity contribution in [1.82, 2.24) is 5.32 Å². The van der Waals surface area contributed by atoms with Gasteiger partial charge in [-0.2, -0.15) is 0 Å². The Labute approximate surface area is 112 Å². The molecule has 0 radical (unpaired) electrons. The minimum atomic E-state index is 0. The smallest absolute Gasteiger partial charge is 0.0874 e. The van der Waals surface area contributed by atoms with Crippen LogP contribution in [0.3, 0.4) is 0 Å². The summed E-state index contributed by atoms with van der Waals surface area (Å²) in [6.45, 7) is 2.00. The average molecular weight is 283 g/mol. The van der Waals surface area contributed by atoms with Crippen molar-refractivity contribution < 1.29 is 4.74 Å². The van der Waals surface area contributed by atoms with Crippen molar-refractivity contribution in [3.05, 3.63) is 33.8 Å². The van der Waals surface area contributed by atoms with Gasteiger partial charge in [0.05, 0.1) is 16.1 Å². The number of hydrogen-bond donors (Lipinski definition) is 1. The van der Waals surface area contributed by atoms with Gasteiger partial charge in [0.1, 0.15) is 0 Å². The van der Waals surface area contributed by atoms with Crippen LogP contribution in [0.15, 0.2) is 18.2 Å². The second-order valence-corrected chi connectivity index (χ2v) is 4.56. The molecule has 1 fully saturated rings. The fraction of sp³-hybridized carbons (Fsp3) is 0.455. The Kier molecular flexibility index (Phi) is 5.35. The molecule has 1 heterocycles. The predicted molar refractivity (Wildman–Crippen MR) is 69.8 cm³/mol. The number of rotatable bonds is 3. The van der Waals surface area contributed by atoms with E-state index in [1.165, 1.54) is 0 Å². The van der Waals surface area contributed by atoms with Crippen molar-refractivity contribution in [1.29, 1.82) is 0 Å². The zero-order valence-corrected chi connectivity index (χ0v) is 11.2. The summed E-state index contributed by atoms with van der Waals surface area (Å²) < 4.78 is 5.49. The molecular formula is C11H14Cl3NO. The number of ether oxygens (including phenoxy) is 1. The monoisotopic (exact) mass is 281 g/mol. The molecule has 1 atom stereocenters. The first-order valence-corrected chi connectivity index (χ1v) is 5.66. The maximum atomic E-state index is 5.98. The number of benzene rings is 1. The largest absolute Gasteiger partial charge is 0.376 e. The molecule has 0 spiro atoms. The molecular weight excluding hydrogens is 268 g/mol. The molecule has 1 aliphatic heterocycles. The van der Waals surface area contributed by atoms with E-state index in [0.717, 1.165) is 18.7 Å². The van der Waals surface area contributed by atoms with Gasteiger partial charge in [-0.25, -0.2) is 0 Å². The fourth-order valence-electron chi connectivity index (χ4n) is 1.82. The van der Waals surface area contributed by atoms with Crippen LogP contribution in [0.4, 0.5) is 0 Å². The summed E-state index contributed by atoms with van der Waals surface area (Å²) in [6.07, 6.45) is 0.112. The van der Waals surface area contributed by atoms with Gasteiger partial charge in [-0.15, -0.1) is 12.4 Å². The van der Waals surface area contributed by atoms with Crippen LogP contribution in [0.25, 0.3) is 0 Å². The Morgan fingerprint density at radius 1 is 1.31 bits per heavy atom. The van der Waals surface area contributed by atoms with E-state index in [1.807, 2.05) is 18.2 Å². The van der Waals surface area contributed by atoms with Crippen molar-refractivity contribution in [2.75, 3.05) is 20.2 Å². The molecule has 1 saturated heterocycles. The molecule has 90 valence electrons. The predicted octanol–water partition coefficient (Wildman–Crippen LogP) is 3.32. The summed E-state index contributed by atoms with van der Waals surface area (Å²) >= 11 is 11.8. The first kappa shape index (κ1) is 14.1. The van der Waals surface area contributed by atoms with E-state index >= 15 is 0 Å². The molecule has 0 bridgehead atoms. The van der Waals surface area contributed by atoms with E-state index in [-0.39, 0.29) is 18.5 Å². The lowest BCUT2D eigenvalue weighted by Gasteiger charge is -2.34. The van der Waals surface area contributed by atoms with Crippen LogP contribution in [0.2, 0.25) is 10.0 Å². The van der Waals surface area contributed by atoms with E-state index in [4.69, 9.17) is 27.9 Å². The highest BCUT2D eigenvalue weighted by atomic mass is 35.5. The summed E-state index contributed by atoms with van der Waals surface area (Å²) in [5.41, 5.74) is 1.10. The molecule has 0 unspecified atom stereocenters. The van der Waals surface area contributed by atoms with E-state index in [2.05, 4.69) is 5.32 Å². The van der Waals surface area contributed by atoms with Gasteiger partial charge in [-0.3, -0.25) is 0 Å². The summed E-state index contributed by atoms with van der Waals surface area (Å²) in [4.78, 5) is 0. The SMILES string of the molecule is CO[C@H](c1ccc(Cl)c(Cl)c1)C1CNC1.Cl. The third-order valence-corrected chi connectivity index (χ3v) is 3.51. The van der Waals surface area contributed by atoms with Crippen LogP contribution >= 0.6 is 35.6 Å². The Hall–Kier alpha value is 0.01000. The van der Waals surface area contributed by atoms with Crippen LogP contribution in [-0.2, 0) is 4.74 Å². The van der Waals surface area contributed by atoms with Crippen LogP contribution in [0.5, 0.6) is 0 Å². The lowest BCUT2D eigenvalue weighted by Crippen LogP contribution is -2.45. The third kappa shape index (κ3) is 2.82. The zero-order valence-electron chi connectivity index (χ0n) is 8.87. The minimum Gasteiger partial charge on any atom is -0.376 e. The Morgan fingerprint density at radius 2 is 2.00 bits per heavy atom. The Balaban J connectivity index is 0.00000128. The van der Waals surface area contributed by atoms with E-state index in [9.17, 15) is 0 Å². The van der Waals surface area contributed by atoms with Gasteiger partial charge in [-0.1, -0.05) is 29.3 Å². The first-order chi connectivity index (χ1) is 7.22. The second-order valence-electron chi connectivity index (χ2n) is 3.75. The molecule has 0 aromatic heterocycles. The summed E-state index contributed by atoms with van der Waals surface area (Å²) in [6, 6.07) is 5.68. The standard InChI is InChI=1S/C11H13Cl2NO.ClH/c1-15-11(8-5-14-6-8)7-2-3-9(12)10(13)4-7;/h2-4,8,11,14H,5-6H2,1H3;1H/t11-;/m1./s1. The minimum absolute atomic E-state index is 0. The molecule has 2 nitrogen and oxygen atoms in total. The fourth-order valence-corrected chi connectivity index (χ4v) is 2.12. The third-order valence-electron chi connectivity index (χ3n) is 2.77. The molecule has 0 aliphatic carbocycles. The zero-order chi connectivity index (χ0) is 10.8. The number of hydrogen-bond acceptors (Lipinski definition) is 2. The van der Waals surface area contributed by atoms with E-state index in [0.29, 0.717) is 16.0 Å². The summed E-state index contributed by atoms with van der Waals surface area (Å²) in [7, 11) is 1.73. The van der Waals surface area contributed by atoms with Gasteiger partial charge in [-0.05, 0) is 17.7 Å². The van der Waals surface area contributed by atoms with Gasteiger partial charge in [0.2, 0.25) is 0 Å². The Bertz CT molecular complexity index is 355. The maximum absolute atomic E-state index is 5.98. The second kappa shape index (κ2) is 6.08. The molecule has 0 saturated carbocycles. The highest BCUT2D eigenvalue weighted by molar-refractivity contribution is 6.42. The van der Waals surface area contributed by atoms with Crippen molar-refractivity contribution in [3.63, 3.8) is 0 Å². The average Bonchev–Trinajstić information content (AvgIpc) is 2.16. The van der Waals surface area contributed by atoms with Crippen molar-refractivity contribution in [3.8, 4) is 0 Å². The topological polar surface area (TPSA) is 21.3 Å². The maximum Gasteiger partial charge on any atom is 0.0874 e. The molecule has 1 aliphatic rings. The van der Waals surface area contributed by atoms with Gasteiger partial charge >= 0.3 is 0 Å². The van der Waals surface area contributed by atoms with E-state index in [1.54, 1.807) is 7.11 Å². The quantitative estimate of drug-likeness (QED) is 0.918. The molecule has 1 aromatic rings. The molecule has 2 rings (SSSR count). The van der Waals surface area contributed by atoms with Crippen LogP contribution in [0.1, 0.15) is 11.7 Å². The molecule has 0 amide bonds. The number of methoxy groups -OCH3 is 1. The molecule has 1 aromatic carbocycles. The lowest BCUT2D eigenvalue weighted by molar-refractivity contribution is 0.0292. The van der Waals surface area contributed by atoms with Crippen molar-refractivity contribution in [2.24, 2.45) is 5.92 Å². The molecule has 5 heteroatoms. The van der Waals surface area contributed by atoms with Gasteiger partial charge in [0, 0.05) is 26.1 Å². The highest BCUT2D eigenvalue weighted by Gasteiger charge is 2.28. The number of halogens is 3. The van der Waals surface area contributed by atoms with Crippen LogP contribution in [0, 0.1) is 5.92 Å². The first-order valence-electron chi connectivity index (χ1n) is 4.91. The van der Waals surface area contributed by atoms with Gasteiger partial charge in [0.25, 0.3) is 0 Å².